The molecule has 0 unspecified atom stereocenters. The molecule has 0 saturated heterocycles. The number of fused-ring (bicyclic) bond motifs is 1. The molecule has 2 heterocycles. The van der Waals surface area contributed by atoms with Crippen LogP contribution in [-0.2, 0) is 0 Å². The van der Waals surface area contributed by atoms with E-state index in [0.29, 0.717) is 17.3 Å². The largest absolute Gasteiger partial charge is 0.477 e. The second-order valence-corrected chi connectivity index (χ2v) is 3.73. The minimum Gasteiger partial charge on any atom is -0.477 e. The van der Waals surface area contributed by atoms with Crippen LogP contribution in [0.4, 0.5) is 0 Å². The normalized spacial score (nSPS) is 15.7. The fraction of sp³-hybridized carbons (Fsp3) is 0.300. The Labute approximate surface area is 85.4 Å². The fourth-order valence-corrected chi connectivity index (χ4v) is 1.78. The molecule has 1 fully saturated rings. The van der Waals surface area contributed by atoms with Gasteiger partial charge >= 0.3 is 5.97 Å². The summed E-state index contributed by atoms with van der Waals surface area (Å²) in [5.41, 5.74) is 1.60. The SMILES string of the molecule is O=C(O)c1c(C2CC2)nc2cnccn12. The van der Waals surface area contributed by atoms with Crippen molar-refractivity contribution >= 4 is 11.6 Å². The van der Waals surface area contributed by atoms with Crippen molar-refractivity contribution in [3.05, 3.63) is 30.0 Å². The summed E-state index contributed by atoms with van der Waals surface area (Å²) in [6, 6.07) is 0. The molecule has 0 aromatic carbocycles. The molecule has 1 aliphatic rings. The molecule has 0 radical (unpaired) electrons. The number of carboxylic acids is 1. The molecule has 5 heteroatoms. The molecule has 3 rings (SSSR count). The number of carbonyl (C=O) groups is 1. The number of imidazole rings is 1. The Morgan fingerprint density at radius 3 is 3.00 bits per heavy atom. The van der Waals surface area contributed by atoms with Gasteiger partial charge in [-0.15, -0.1) is 0 Å². The van der Waals surface area contributed by atoms with Crippen molar-refractivity contribution in [3.63, 3.8) is 0 Å². The number of carboxylic acid groups (broad SMARTS) is 1. The van der Waals surface area contributed by atoms with Gasteiger partial charge in [-0.3, -0.25) is 9.38 Å². The lowest BCUT2D eigenvalue weighted by molar-refractivity contribution is 0.0688. The zero-order valence-corrected chi connectivity index (χ0v) is 7.92. The van der Waals surface area contributed by atoms with Gasteiger partial charge in [0.15, 0.2) is 11.3 Å². The first-order valence-electron chi connectivity index (χ1n) is 4.82. The van der Waals surface area contributed by atoms with E-state index >= 15 is 0 Å². The summed E-state index contributed by atoms with van der Waals surface area (Å²) in [5.74, 6) is -0.591. The van der Waals surface area contributed by atoms with Gasteiger partial charge in [0, 0.05) is 18.3 Å². The predicted molar refractivity (Wildman–Crippen MR) is 51.9 cm³/mol. The molecule has 15 heavy (non-hydrogen) atoms. The van der Waals surface area contributed by atoms with Gasteiger partial charge in [0.05, 0.1) is 11.9 Å². The molecule has 1 saturated carbocycles. The van der Waals surface area contributed by atoms with Crippen LogP contribution < -0.4 is 0 Å². The number of aromatic nitrogens is 3. The number of hydrogen-bond donors (Lipinski definition) is 1. The highest BCUT2D eigenvalue weighted by molar-refractivity contribution is 5.88. The maximum Gasteiger partial charge on any atom is 0.354 e. The van der Waals surface area contributed by atoms with Crippen LogP contribution in [0.3, 0.4) is 0 Å². The molecular weight excluding hydrogens is 194 g/mol. The van der Waals surface area contributed by atoms with Crippen molar-refractivity contribution in [1.29, 1.82) is 0 Å². The van der Waals surface area contributed by atoms with Crippen molar-refractivity contribution in [2.24, 2.45) is 0 Å². The minimum absolute atomic E-state index is 0.287. The molecule has 76 valence electrons. The Bertz CT molecular complexity index is 543. The number of hydrogen-bond acceptors (Lipinski definition) is 3. The first-order chi connectivity index (χ1) is 7.27. The van der Waals surface area contributed by atoms with Gasteiger partial charge in [0.2, 0.25) is 0 Å². The standard InChI is InChI=1S/C10H9N3O2/c14-10(15)9-8(6-1-2-6)12-7-5-11-3-4-13(7)9/h3-6H,1-2H2,(H,14,15). The molecule has 1 aliphatic carbocycles. The molecule has 2 aromatic rings. The van der Waals surface area contributed by atoms with Crippen molar-refractivity contribution in [1.82, 2.24) is 14.4 Å². The van der Waals surface area contributed by atoms with Crippen LogP contribution >= 0.6 is 0 Å². The lowest BCUT2D eigenvalue weighted by Gasteiger charge is -1.96. The van der Waals surface area contributed by atoms with Gasteiger partial charge in [-0.05, 0) is 12.8 Å². The molecule has 0 amide bonds. The number of aromatic carboxylic acids is 1. The molecule has 0 atom stereocenters. The van der Waals surface area contributed by atoms with Gasteiger partial charge in [-0.25, -0.2) is 9.78 Å². The van der Waals surface area contributed by atoms with E-state index in [-0.39, 0.29) is 5.69 Å². The highest BCUT2D eigenvalue weighted by Gasteiger charge is 2.32. The maximum absolute atomic E-state index is 11.1. The van der Waals surface area contributed by atoms with Crippen molar-refractivity contribution in [3.8, 4) is 0 Å². The summed E-state index contributed by atoms with van der Waals surface area (Å²) in [7, 11) is 0. The quantitative estimate of drug-likeness (QED) is 0.798. The number of nitrogens with zero attached hydrogens (tertiary/aromatic N) is 3. The Morgan fingerprint density at radius 2 is 2.33 bits per heavy atom. The second-order valence-electron chi connectivity index (χ2n) is 3.73. The third kappa shape index (κ3) is 1.20. The highest BCUT2D eigenvalue weighted by Crippen LogP contribution is 2.41. The Kier molecular flexibility index (Phi) is 1.56. The van der Waals surface area contributed by atoms with Gasteiger partial charge in [-0.1, -0.05) is 0 Å². The second kappa shape index (κ2) is 2.79. The van der Waals surface area contributed by atoms with Crippen molar-refractivity contribution < 1.29 is 9.90 Å². The van der Waals surface area contributed by atoms with Crippen LogP contribution in [0.25, 0.3) is 5.65 Å². The highest BCUT2D eigenvalue weighted by atomic mass is 16.4. The van der Waals surface area contributed by atoms with E-state index in [0.717, 1.165) is 12.8 Å². The summed E-state index contributed by atoms with van der Waals surface area (Å²) in [4.78, 5) is 19.4. The predicted octanol–water partition coefficient (Wildman–Crippen LogP) is 1.30. The van der Waals surface area contributed by atoms with Crippen molar-refractivity contribution in [2.45, 2.75) is 18.8 Å². The lowest BCUT2D eigenvalue weighted by Crippen LogP contribution is -2.04. The van der Waals surface area contributed by atoms with E-state index < -0.39 is 5.97 Å². The van der Waals surface area contributed by atoms with Crippen LogP contribution in [0.2, 0.25) is 0 Å². The third-order valence-electron chi connectivity index (χ3n) is 2.62. The van der Waals surface area contributed by atoms with E-state index in [1.165, 1.54) is 0 Å². The molecule has 2 aromatic heterocycles. The third-order valence-corrected chi connectivity index (χ3v) is 2.62. The molecule has 1 N–H and O–H groups in total. The van der Waals surface area contributed by atoms with Crippen LogP contribution in [0.15, 0.2) is 18.6 Å². The molecule has 0 aliphatic heterocycles. The number of rotatable bonds is 2. The van der Waals surface area contributed by atoms with E-state index in [1.807, 2.05) is 0 Å². The average Bonchev–Trinajstić information content (AvgIpc) is 2.98. The Morgan fingerprint density at radius 1 is 1.53 bits per heavy atom. The summed E-state index contributed by atoms with van der Waals surface area (Å²) >= 11 is 0. The van der Waals surface area contributed by atoms with Crippen LogP contribution in [0.1, 0.15) is 34.9 Å². The fourth-order valence-electron chi connectivity index (χ4n) is 1.78. The zero-order valence-electron chi connectivity index (χ0n) is 7.92. The van der Waals surface area contributed by atoms with Gasteiger partial charge in [-0.2, -0.15) is 0 Å². The van der Waals surface area contributed by atoms with E-state index in [1.54, 1.807) is 23.0 Å². The van der Waals surface area contributed by atoms with Gasteiger partial charge in [0.25, 0.3) is 0 Å². The van der Waals surface area contributed by atoms with Crippen LogP contribution in [0.5, 0.6) is 0 Å². The van der Waals surface area contributed by atoms with E-state index in [4.69, 9.17) is 5.11 Å². The topological polar surface area (TPSA) is 67.5 Å². The smallest absolute Gasteiger partial charge is 0.354 e. The molecule has 5 nitrogen and oxygen atoms in total. The average molecular weight is 203 g/mol. The monoisotopic (exact) mass is 203 g/mol. The van der Waals surface area contributed by atoms with E-state index in [2.05, 4.69) is 9.97 Å². The van der Waals surface area contributed by atoms with E-state index in [9.17, 15) is 4.79 Å². The van der Waals surface area contributed by atoms with Crippen LogP contribution in [0, 0.1) is 0 Å². The lowest BCUT2D eigenvalue weighted by atomic mass is 10.2. The Balaban J connectivity index is 2.33. The molecular formula is C10H9N3O2. The first-order valence-corrected chi connectivity index (χ1v) is 4.82. The summed E-state index contributed by atoms with van der Waals surface area (Å²) in [5, 5.41) is 9.15. The van der Waals surface area contributed by atoms with Gasteiger partial charge in [0.1, 0.15) is 0 Å². The van der Waals surface area contributed by atoms with Crippen molar-refractivity contribution in [2.75, 3.05) is 0 Å². The summed E-state index contributed by atoms with van der Waals surface area (Å²) in [6.07, 6.45) is 6.86. The zero-order chi connectivity index (χ0) is 10.4. The first kappa shape index (κ1) is 8.40. The minimum atomic E-state index is -0.921. The van der Waals surface area contributed by atoms with Gasteiger partial charge < -0.3 is 5.11 Å². The Hall–Kier alpha value is -1.91. The summed E-state index contributed by atoms with van der Waals surface area (Å²) in [6.45, 7) is 0. The van der Waals surface area contributed by atoms with Crippen LogP contribution in [-0.4, -0.2) is 25.4 Å². The summed E-state index contributed by atoms with van der Waals surface area (Å²) < 4.78 is 1.59. The molecule has 0 spiro atoms. The maximum atomic E-state index is 11.1. The molecule has 0 bridgehead atoms.